The van der Waals surface area contributed by atoms with Gasteiger partial charge in [0.15, 0.2) is 0 Å². The lowest BCUT2D eigenvalue weighted by atomic mass is 9.98. The molecule has 1 fully saturated rings. The number of hydrogen-bond acceptors (Lipinski definition) is 3. The summed E-state index contributed by atoms with van der Waals surface area (Å²) < 4.78 is 12.6. The number of halogens is 1. The van der Waals surface area contributed by atoms with Gasteiger partial charge >= 0.3 is 0 Å². The molecular weight excluding hydrogens is 318 g/mol. The Morgan fingerprint density at radius 1 is 1.50 bits per heavy atom. The maximum absolute atomic E-state index is 5.75. The molecule has 3 nitrogen and oxygen atoms in total. The van der Waals surface area contributed by atoms with Crippen molar-refractivity contribution in [3.05, 3.63) is 28.2 Å². The van der Waals surface area contributed by atoms with Gasteiger partial charge in [-0.25, -0.2) is 0 Å². The summed E-state index contributed by atoms with van der Waals surface area (Å²) in [5.41, 5.74) is 1.22. The number of benzene rings is 1. The quantitative estimate of drug-likeness (QED) is 0.810. The molecule has 1 aromatic rings. The summed E-state index contributed by atoms with van der Waals surface area (Å²) in [6.45, 7) is 3.64. The van der Waals surface area contributed by atoms with Gasteiger partial charge in [0.1, 0.15) is 5.75 Å². The van der Waals surface area contributed by atoms with Crippen LogP contribution in [0.3, 0.4) is 0 Å². The Balaban J connectivity index is 2.06. The molecule has 2 rings (SSSR count). The van der Waals surface area contributed by atoms with Crippen molar-refractivity contribution < 1.29 is 9.47 Å². The molecule has 2 atom stereocenters. The Hall–Kier alpha value is -0.580. The van der Waals surface area contributed by atoms with Crippen molar-refractivity contribution in [2.45, 2.75) is 44.8 Å². The zero-order chi connectivity index (χ0) is 14.4. The molecule has 20 heavy (non-hydrogen) atoms. The molecule has 4 heteroatoms. The first kappa shape index (κ1) is 15.8. The maximum atomic E-state index is 5.75. The third kappa shape index (κ3) is 4.21. The minimum Gasteiger partial charge on any atom is -0.494 e. The molecule has 1 aliphatic heterocycles. The first-order valence-corrected chi connectivity index (χ1v) is 8.25. The maximum Gasteiger partial charge on any atom is 0.124 e. The van der Waals surface area contributed by atoms with Crippen LogP contribution in [0.25, 0.3) is 0 Å². The summed E-state index contributed by atoms with van der Waals surface area (Å²) in [5, 5.41) is 3.41. The number of ether oxygens (including phenoxy) is 2. The average Bonchev–Trinajstić information content (AvgIpc) is 2.96. The van der Waals surface area contributed by atoms with Crippen molar-refractivity contribution in [2.75, 3.05) is 20.3 Å². The Morgan fingerprint density at radius 3 is 3.00 bits per heavy atom. The second-order valence-corrected chi connectivity index (χ2v) is 6.08. The van der Waals surface area contributed by atoms with Crippen LogP contribution in [0.2, 0.25) is 0 Å². The summed E-state index contributed by atoms with van der Waals surface area (Å²) in [4.78, 5) is 0. The van der Waals surface area contributed by atoms with Crippen molar-refractivity contribution in [1.29, 1.82) is 0 Å². The topological polar surface area (TPSA) is 30.5 Å². The summed E-state index contributed by atoms with van der Waals surface area (Å²) in [7, 11) is 2.01. The van der Waals surface area contributed by atoms with Crippen LogP contribution in [0.15, 0.2) is 22.7 Å². The van der Waals surface area contributed by atoms with Gasteiger partial charge in [0.05, 0.1) is 12.7 Å². The standard InChI is InChI=1S/C16H24BrNO2/c1-3-19-16-9-6-12(17)11-14(16)15(18-2)8-7-13-5-4-10-20-13/h6,9,11,13,15,18H,3-5,7-8,10H2,1-2H3. The lowest BCUT2D eigenvalue weighted by Crippen LogP contribution is -2.19. The fraction of sp³-hybridized carbons (Fsp3) is 0.625. The molecule has 0 aliphatic carbocycles. The van der Waals surface area contributed by atoms with Gasteiger partial charge in [-0.2, -0.15) is 0 Å². The fourth-order valence-electron chi connectivity index (χ4n) is 2.76. The zero-order valence-corrected chi connectivity index (χ0v) is 13.9. The highest BCUT2D eigenvalue weighted by Gasteiger charge is 2.20. The van der Waals surface area contributed by atoms with E-state index in [1.807, 2.05) is 26.1 Å². The Kier molecular flexibility index (Phi) is 6.33. The van der Waals surface area contributed by atoms with E-state index < -0.39 is 0 Å². The third-order valence-corrected chi connectivity index (χ3v) is 4.29. The number of hydrogen-bond donors (Lipinski definition) is 1. The van der Waals surface area contributed by atoms with Gasteiger partial charge in [0, 0.05) is 22.7 Å². The first-order valence-electron chi connectivity index (χ1n) is 7.45. The fourth-order valence-corrected chi connectivity index (χ4v) is 3.14. The van der Waals surface area contributed by atoms with E-state index >= 15 is 0 Å². The van der Waals surface area contributed by atoms with Gasteiger partial charge in [-0.05, 0) is 57.9 Å². The van der Waals surface area contributed by atoms with E-state index in [2.05, 4.69) is 27.3 Å². The zero-order valence-electron chi connectivity index (χ0n) is 12.3. The van der Waals surface area contributed by atoms with E-state index in [0.717, 1.165) is 29.7 Å². The summed E-state index contributed by atoms with van der Waals surface area (Å²) in [6, 6.07) is 6.53. The molecule has 0 bridgehead atoms. The van der Waals surface area contributed by atoms with Gasteiger partial charge in [-0.3, -0.25) is 0 Å². The molecule has 0 saturated carbocycles. The number of nitrogens with one attached hydrogen (secondary N) is 1. The molecule has 0 spiro atoms. The monoisotopic (exact) mass is 341 g/mol. The highest BCUT2D eigenvalue weighted by Crippen LogP contribution is 2.32. The smallest absolute Gasteiger partial charge is 0.124 e. The molecule has 1 N–H and O–H groups in total. The van der Waals surface area contributed by atoms with Crippen molar-refractivity contribution in [2.24, 2.45) is 0 Å². The lowest BCUT2D eigenvalue weighted by Gasteiger charge is -2.21. The van der Waals surface area contributed by atoms with Gasteiger partial charge < -0.3 is 14.8 Å². The Bertz CT molecular complexity index is 419. The van der Waals surface area contributed by atoms with Crippen LogP contribution < -0.4 is 10.1 Å². The van der Waals surface area contributed by atoms with Crippen molar-refractivity contribution in [3.63, 3.8) is 0 Å². The predicted molar refractivity (Wildman–Crippen MR) is 85.3 cm³/mol. The molecule has 0 radical (unpaired) electrons. The number of rotatable bonds is 7. The van der Waals surface area contributed by atoms with Crippen LogP contribution in [0, 0.1) is 0 Å². The first-order chi connectivity index (χ1) is 9.74. The van der Waals surface area contributed by atoms with Gasteiger partial charge in [0.25, 0.3) is 0 Å². The van der Waals surface area contributed by atoms with Gasteiger partial charge in [0.2, 0.25) is 0 Å². The molecule has 1 heterocycles. The summed E-state index contributed by atoms with van der Waals surface area (Å²) in [5.74, 6) is 0.974. The van der Waals surface area contributed by atoms with E-state index in [0.29, 0.717) is 18.8 Å². The second kappa shape index (κ2) is 8.01. The normalized spacial score (nSPS) is 20.1. The summed E-state index contributed by atoms with van der Waals surface area (Å²) >= 11 is 3.55. The minimum absolute atomic E-state index is 0.304. The minimum atomic E-state index is 0.304. The van der Waals surface area contributed by atoms with Crippen LogP contribution in [-0.4, -0.2) is 26.4 Å². The Morgan fingerprint density at radius 2 is 2.35 bits per heavy atom. The van der Waals surface area contributed by atoms with E-state index in [-0.39, 0.29) is 0 Å². The lowest BCUT2D eigenvalue weighted by molar-refractivity contribution is 0.0997. The van der Waals surface area contributed by atoms with Gasteiger partial charge in [-0.1, -0.05) is 15.9 Å². The van der Waals surface area contributed by atoms with Crippen LogP contribution in [0.5, 0.6) is 5.75 Å². The molecule has 112 valence electrons. The summed E-state index contributed by atoms with van der Waals surface area (Å²) in [6.07, 6.45) is 5.01. The molecule has 1 aliphatic rings. The SMILES string of the molecule is CCOc1ccc(Br)cc1C(CCC1CCCO1)NC. The van der Waals surface area contributed by atoms with Crippen molar-refractivity contribution in [3.8, 4) is 5.75 Å². The second-order valence-electron chi connectivity index (χ2n) is 5.17. The highest BCUT2D eigenvalue weighted by molar-refractivity contribution is 9.10. The highest BCUT2D eigenvalue weighted by atomic mass is 79.9. The molecule has 2 unspecified atom stereocenters. The molecular formula is C16H24BrNO2. The van der Waals surface area contributed by atoms with Crippen LogP contribution >= 0.6 is 15.9 Å². The molecule has 1 saturated heterocycles. The van der Waals surface area contributed by atoms with Crippen molar-refractivity contribution in [1.82, 2.24) is 5.32 Å². The third-order valence-electron chi connectivity index (χ3n) is 3.80. The van der Waals surface area contributed by atoms with E-state index in [1.54, 1.807) is 0 Å². The predicted octanol–water partition coefficient (Wildman–Crippen LogP) is 4.07. The largest absolute Gasteiger partial charge is 0.494 e. The van der Waals surface area contributed by atoms with Gasteiger partial charge in [-0.15, -0.1) is 0 Å². The average molecular weight is 342 g/mol. The molecule has 0 amide bonds. The van der Waals surface area contributed by atoms with Crippen LogP contribution in [-0.2, 0) is 4.74 Å². The van der Waals surface area contributed by atoms with Crippen LogP contribution in [0.1, 0.15) is 44.2 Å². The van der Waals surface area contributed by atoms with E-state index in [4.69, 9.17) is 9.47 Å². The van der Waals surface area contributed by atoms with E-state index in [9.17, 15) is 0 Å². The van der Waals surface area contributed by atoms with E-state index in [1.165, 1.54) is 18.4 Å². The molecule has 1 aromatic carbocycles. The molecule has 0 aromatic heterocycles. The Labute approximate surface area is 130 Å². The van der Waals surface area contributed by atoms with Crippen LogP contribution in [0.4, 0.5) is 0 Å². The van der Waals surface area contributed by atoms with Crippen molar-refractivity contribution >= 4 is 15.9 Å².